The molecular weight excluding hydrogens is 726 g/mol. The fourth-order valence-corrected chi connectivity index (χ4v) is 6.37. The maximum absolute atomic E-state index is 14.4. The lowest BCUT2D eigenvalue weighted by molar-refractivity contribution is -0.116. The van der Waals surface area contributed by atoms with Gasteiger partial charge in [-0.05, 0) is 71.6 Å². The molecule has 0 saturated carbocycles. The number of hydrogen-bond donors (Lipinski definition) is 0. The van der Waals surface area contributed by atoms with Crippen LogP contribution in [0.4, 0.5) is 37.7 Å². The van der Waals surface area contributed by atoms with Gasteiger partial charge in [0.2, 0.25) is 0 Å². The summed E-state index contributed by atoms with van der Waals surface area (Å²) in [6.45, 7) is 5.63. The maximum atomic E-state index is 14.4. The molecule has 4 aromatic carbocycles. The van der Waals surface area contributed by atoms with Crippen molar-refractivity contribution in [2.24, 2.45) is 0 Å². The Bertz CT molecular complexity index is 2000. The monoisotopic (exact) mass is 756 g/mol. The van der Waals surface area contributed by atoms with Gasteiger partial charge in [-0.1, -0.05) is 18.2 Å². The number of Topliss-reactive ketones (excluding diaryl/α,β-unsaturated/α-hetero) is 1. The summed E-state index contributed by atoms with van der Waals surface area (Å²) >= 11 is 3.19. The van der Waals surface area contributed by atoms with Gasteiger partial charge in [-0.25, -0.2) is 26.3 Å². The molecule has 50 heavy (non-hydrogen) atoms. The zero-order chi connectivity index (χ0) is 36.4. The van der Waals surface area contributed by atoms with Gasteiger partial charge in [0.15, 0.2) is 11.6 Å². The lowest BCUT2D eigenvalue weighted by Crippen LogP contribution is -2.32. The van der Waals surface area contributed by atoms with E-state index in [1.165, 1.54) is 25.6 Å². The first-order valence-corrected chi connectivity index (χ1v) is 16.2. The van der Waals surface area contributed by atoms with Crippen LogP contribution in [0, 0.1) is 55.7 Å². The number of methoxy groups -OCH3 is 1. The molecule has 12 heteroatoms. The van der Waals surface area contributed by atoms with Crippen LogP contribution in [0.15, 0.2) is 83.6 Å². The SMILES string of the molecule is COc1ccc(C)c(N2C=C(Br)C(=O)CC2c2c(F)cc(F)cc2F)c1.Cc1ccc(C)c(N2C=CC(=O)CC2c2c(F)cc(F)cc2F)c1. The zero-order valence-electron chi connectivity index (χ0n) is 27.3. The Morgan fingerprint density at radius 1 is 0.680 bits per heavy atom. The Morgan fingerprint density at radius 3 is 1.72 bits per heavy atom. The molecule has 6 rings (SSSR count). The summed E-state index contributed by atoms with van der Waals surface area (Å²) in [5, 5.41) is 0. The molecular formula is C38H31BrF6N2O3. The first-order valence-electron chi connectivity index (χ1n) is 15.4. The number of allylic oxidation sites excluding steroid dienone is 2. The predicted octanol–water partition coefficient (Wildman–Crippen LogP) is 9.93. The second kappa shape index (κ2) is 15.0. The molecule has 0 aromatic heterocycles. The van der Waals surface area contributed by atoms with Crippen LogP contribution in [0.2, 0.25) is 0 Å². The molecule has 0 spiro atoms. The Morgan fingerprint density at radius 2 is 1.18 bits per heavy atom. The summed E-state index contributed by atoms with van der Waals surface area (Å²) in [5.74, 6) is -6.00. The van der Waals surface area contributed by atoms with Crippen LogP contribution in [0.3, 0.4) is 0 Å². The highest BCUT2D eigenvalue weighted by molar-refractivity contribution is 9.12. The van der Waals surface area contributed by atoms with Crippen LogP contribution in [-0.2, 0) is 9.59 Å². The summed E-state index contributed by atoms with van der Waals surface area (Å²) in [5.41, 5.74) is 3.46. The minimum Gasteiger partial charge on any atom is -0.497 e. The van der Waals surface area contributed by atoms with Gasteiger partial charge < -0.3 is 14.5 Å². The van der Waals surface area contributed by atoms with Crippen LogP contribution < -0.4 is 14.5 Å². The van der Waals surface area contributed by atoms with Gasteiger partial charge in [-0.2, -0.15) is 0 Å². The van der Waals surface area contributed by atoms with E-state index < -0.39 is 47.0 Å². The topological polar surface area (TPSA) is 49.9 Å². The minimum atomic E-state index is -1.03. The van der Waals surface area contributed by atoms with E-state index in [-0.39, 0.29) is 35.5 Å². The van der Waals surface area contributed by atoms with Crippen molar-refractivity contribution in [3.63, 3.8) is 0 Å². The molecule has 0 N–H and O–H groups in total. The van der Waals surface area contributed by atoms with Crippen LogP contribution >= 0.6 is 15.9 Å². The number of hydrogen-bond acceptors (Lipinski definition) is 5. The van der Waals surface area contributed by atoms with Crippen molar-refractivity contribution in [1.29, 1.82) is 0 Å². The fraction of sp³-hybridized carbons (Fsp3) is 0.211. The maximum Gasteiger partial charge on any atom is 0.173 e. The molecule has 5 nitrogen and oxygen atoms in total. The molecule has 0 saturated heterocycles. The Kier molecular flexibility index (Phi) is 10.9. The summed E-state index contributed by atoms with van der Waals surface area (Å²) in [7, 11) is 1.51. The molecule has 2 heterocycles. The number of ketones is 2. The molecule has 0 aliphatic carbocycles. The van der Waals surface area contributed by atoms with E-state index >= 15 is 0 Å². The third kappa shape index (κ3) is 7.65. The van der Waals surface area contributed by atoms with Gasteiger partial charge in [-0.15, -0.1) is 0 Å². The van der Waals surface area contributed by atoms with Crippen LogP contribution in [-0.4, -0.2) is 18.7 Å². The first kappa shape index (κ1) is 36.4. The lowest BCUT2D eigenvalue weighted by Gasteiger charge is -2.35. The third-order valence-electron chi connectivity index (χ3n) is 8.48. The van der Waals surface area contributed by atoms with Gasteiger partial charge in [0.05, 0.1) is 23.7 Å². The number of nitrogens with zero attached hydrogens (tertiary/aromatic N) is 2. The zero-order valence-corrected chi connectivity index (χ0v) is 28.9. The number of rotatable bonds is 5. The van der Waals surface area contributed by atoms with Gasteiger partial charge in [0.25, 0.3) is 0 Å². The number of benzene rings is 4. The van der Waals surface area contributed by atoms with Crippen LogP contribution in [0.1, 0.15) is 52.7 Å². The third-order valence-corrected chi connectivity index (χ3v) is 9.12. The van der Waals surface area contributed by atoms with Crippen molar-refractivity contribution in [1.82, 2.24) is 0 Å². The summed E-state index contributed by atoms with van der Waals surface area (Å²) in [6, 6.07) is 11.7. The minimum absolute atomic E-state index is 0.0800. The normalized spacial score (nSPS) is 17.4. The molecule has 0 radical (unpaired) electrons. The first-order chi connectivity index (χ1) is 23.7. The molecule has 0 fully saturated rings. The molecule has 260 valence electrons. The van der Waals surface area contributed by atoms with E-state index in [0.717, 1.165) is 22.4 Å². The highest BCUT2D eigenvalue weighted by Gasteiger charge is 2.34. The summed E-state index contributed by atoms with van der Waals surface area (Å²) < 4.78 is 89.3. The number of ether oxygens (including phenoxy) is 1. The van der Waals surface area contributed by atoms with Crippen LogP contribution in [0.5, 0.6) is 5.75 Å². The summed E-state index contributed by atoms with van der Waals surface area (Å²) in [4.78, 5) is 27.3. The van der Waals surface area contributed by atoms with Crippen molar-refractivity contribution in [3.8, 4) is 5.75 Å². The van der Waals surface area contributed by atoms with Crippen molar-refractivity contribution < 1.29 is 40.7 Å². The lowest BCUT2D eigenvalue weighted by atomic mass is 9.94. The van der Waals surface area contributed by atoms with E-state index in [1.54, 1.807) is 28.0 Å². The standard InChI is InChI=1S/C19H15BrF3NO2.C19H16F3NO/c1-10-3-4-12(26-2)7-16(10)24-9-13(20)18(25)8-17(24)19-14(22)5-11(21)6-15(19)23;1-11-3-4-12(2)17(7-11)23-6-5-14(24)10-18(23)19-15(21)8-13(20)9-16(19)22/h3-7,9,17H,8H2,1-2H3;3-9,18H,10H2,1-2H3. The van der Waals surface area contributed by atoms with Crippen LogP contribution in [0.25, 0.3) is 0 Å². The van der Waals surface area contributed by atoms with E-state index in [4.69, 9.17) is 4.74 Å². The fourth-order valence-electron chi connectivity index (χ4n) is 5.98. The van der Waals surface area contributed by atoms with Crippen molar-refractivity contribution in [2.75, 3.05) is 16.9 Å². The van der Waals surface area contributed by atoms with Crippen molar-refractivity contribution in [3.05, 3.63) is 146 Å². The van der Waals surface area contributed by atoms with E-state index in [9.17, 15) is 35.9 Å². The molecule has 0 amide bonds. The van der Waals surface area contributed by atoms with Gasteiger partial charge in [0, 0.05) is 78.1 Å². The highest BCUT2D eigenvalue weighted by Crippen LogP contribution is 2.41. The molecule has 2 aliphatic heterocycles. The van der Waals surface area contributed by atoms with Gasteiger partial charge in [0.1, 0.15) is 40.7 Å². The summed E-state index contributed by atoms with van der Waals surface area (Å²) in [6.07, 6.45) is 4.16. The van der Waals surface area contributed by atoms with E-state index in [2.05, 4.69) is 15.9 Å². The Balaban J connectivity index is 0.000000195. The van der Waals surface area contributed by atoms with Gasteiger partial charge in [-0.3, -0.25) is 9.59 Å². The Labute approximate surface area is 293 Å². The Hall–Kier alpha value is -4.84. The molecule has 2 aliphatic rings. The number of carbonyl (C=O) groups is 2. The van der Waals surface area contributed by atoms with Gasteiger partial charge >= 0.3 is 0 Å². The van der Waals surface area contributed by atoms with E-state index in [1.807, 2.05) is 39.0 Å². The molecule has 0 bridgehead atoms. The largest absolute Gasteiger partial charge is 0.497 e. The quantitative estimate of drug-likeness (QED) is 0.190. The van der Waals surface area contributed by atoms with Crippen molar-refractivity contribution in [2.45, 2.75) is 45.7 Å². The van der Waals surface area contributed by atoms with E-state index in [0.29, 0.717) is 40.2 Å². The number of carbonyl (C=O) groups excluding carboxylic acids is 2. The smallest absolute Gasteiger partial charge is 0.173 e. The highest BCUT2D eigenvalue weighted by atomic mass is 79.9. The second-order valence-corrected chi connectivity index (χ2v) is 12.8. The number of aryl methyl sites for hydroxylation is 3. The second-order valence-electron chi connectivity index (χ2n) is 11.9. The number of halogens is 7. The average Bonchev–Trinajstić information content (AvgIpc) is 3.04. The molecule has 2 unspecified atom stereocenters. The predicted molar refractivity (Wildman–Crippen MR) is 182 cm³/mol. The van der Waals surface area contributed by atoms with Crippen molar-refractivity contribution >= 4 is 38.9 Å². The molecule has 2 atom stereocenters. The molecule has 4 aromatic rings. The average molecular weight is 758 g/mol. The number of anilines is 2.